The molecule has 21 heavy (non-hydrogen) atoms. The molecule has 0 aliphatic rings. The molecule has 3 aromatic rings. The molecule has 2 aromatic carbocycles. The Morgan fingerprint density at radius 1 is 1.14 bits per heavy atom. The van der Waals surface area contributed by atoms with Crippen LogP contribution in [0, 0.1) is 6.92 Å². The summed E-state index contributed by atoms with van der Waals surface area (Å²) >= 11 is 7.54. The lowest BCUT2D eigenvalue weighted by molar-refractivity contribution is 0.105. The van der Waals surface area contributed by atoms with Gasteiger partial charge >= 0.3 is 0 Å². The highest BCUT2D eigenvalue weighted by molar-refractivity contribution is 7.21. The fourth-order valence-electron chi connectivity index (χ4n) is 2.24. The lowest BCUT2D eigenvalue weighted by Crippen LogP contribution is -1.92. The summed E-state index contributed by atoms with van der Waals surface area (Å²) in [6.45, 7) is 1.97. The van der Waals surface area contributed by atoms with Gasteiger partial charge in [-0.05, 0) is 47.7 Å². The van der Waals surface area contributed by atoms with E-state index < -0.39 is 0 Å². The van der Waals surface area contributed by atoms with E-state index in [4.69, 9.17) is 11.6 Å². The maximum atomic E-state index is 12.4. The normalized spacial score (nSPS) is 11.3. The first-order valence-electron chi connectivity index (χ1n) is 6.61. The van der Waals surface area contributed by atoms with Crippen LogP contribution in [0.2, 0.25) is 5.02 Å². The lowest BCUT2D eigenvalue weighted by Gasteiger charge is -1.95. The third-order valence-corrected chi connectivity index (χ3v) is 4.87. The molecule has 0 atom stereocenters. The zero-order valence-electron chi connectivity index (χ0n) is 11.5. The lowest BCUT2D eigenvalue weighted by atomic mass is 10.1. The van der Waals surface area contributed by atoms with Gasteiger partial charge in [0.1, 0.15) is 0 Å². The average molecular weight is 313 g/mol. The van der Waals surface area contributed by atoms with Crippen LogP contribution in [-0.2, 0) is 0 Å². The number of carbonyl (C=O) groups excluding carboxylic acids is 1. The molecular weight excluding hydrogens is 300 g/mol. The topological polar surface area (TPSA) is 17.1 Å². The molecule has 104 valence electrons. The first-order valence-corrected chi connectivity index (χ1v) is 7.81. The van der Waals surface area contributed by atoms with E-state index in [1.54, 1.807) is 6.08 Å². The summed E-state index contributed by atoms with van der Waals surface area (Å²) in [5.74, 6) is 0.0358. The number of hydrogen-bond donors (Lipinski definition) is 0. The minimum absolute atomic E-state index is 0.0358. The Labute approximate surface area is 132 Å². The molecule has 1 heterocycles. The highest BCUT2D eigenvalue weighted by Crippen LogP contribution is 2.33. The molecule has 1 nitrogen and oxygen atoms in total. The first kappa shape index (κ1) is 14.1. The number of allylic oxidation sites excluding steroid dienone is 1. The molecule has 0 spiro atoms. The van der Waals surface area contributed by atoms with Crippen molar-refractivity contribution in [3.05, 3.63) is 75.6 Å². The monoisotopic (exact) mass is 312 g/mol. The third kappa shape index (κ3) is 2.92. The number of hydrogen-bond acceptors (Lipinski definition) is 2. The second-order valence-electron chi connectivity index (χ2n) is 4.80. The highest BCUT2D eigenvalue weighted by Gasteiger charge is 2.13. The summed E-state index contributed by atoms with van der Waals surface area (Å²) in [7, 11) is 0. The second kappa shape index (κ2) is 5.84. The summed E-state index contributed by atoms with van der Waals surface area (Å²) in [4.78, 5) is 13.2. The minimum Gasteiger partial charge on any atom is -0.288 e. The predicted molar refractivity (Wildman–Crippen MR) is 91.4 cm³/mol. The Hall–Kier alpha value is -1.90. The van der Waals surface area contributed by atoms with E-state index in [0.29, 0.717) is 5.02 Å². The molecule has 0 amide bonds. The van der Waals surface area contributed by atoms with Gasteiger partial charge in [-0.25, -0.2) is 0 Å². The summed E-state index contributed by atoms with van der Waals surface area (Å²) in [5, 5.41) is 1.76. The van der Waals surface area contributed by atoms with Gasteiger partial charge in [0.2, 0.25) is 0 Å². The number of rotatable bonds is 3. The van der Waals surface area contributed by atoms with E-state index in [0.717, 1.165) is 26.1 Å². The van der Waals surface area contributed by atoms with Gasteiger partial charge in [-0.1, -0.05) is 48.0 Å². The average Bonchev–Trinajstić information content (AvgIpc) is 2.83. The van der Waals surface area contributed by atoms with E-state index in [1.807, 2.05) is 61.5 Å². The molecule has 0 saturated heterocycles. The molecule has 3 heteroatoms. The molecule has 0 unspecified atom stereocenters. The summed E-state index contributed by atoms with van der Waals surface area (Å²) in [5.41, 5.74) is 2.02. The van der Waals surface area contributed by atoms with Gasteiger partial charge in [-0.15, -0.1) is 11.3 Å². The summed E-state index contributed by atoms with van der Waals surface area (Å²) in [6, 6.07) is 15.6. The molecular formula is C18H13ClOS. The second-order valence-corrected chi connectivity index (χ2v) is 6.29. The Morgan fingerprint density at radius 3 is 2.67 bits per heavy atom. The van der Waals surface area contributed by atoms with Gasteiger partial charge in [-0.3, -0.25) is 4.79 Å². The third-order valence-electron chi connectivity index (χ3n) is 3.35. The van der Waals surface area contributed by atoms with Gasteiger partial charge < -0.3 is 0 Å². The molecule has 0 fully saturated rings. The van der Waals surface area contributed by atoms with Crippen molar-refractivity contribution >= 4 is 44.9 Å². The van der Waals surface area contributed by atoms with Crippen LogP contribution in [0.1, 0.15) is 20.8 Å². The zero-order chi connectivity index (χ0) is 14.8. The van der Waals surface area contributed by atoms with Crippen molar-refractivity contribution in [2.75, 3.05) is 0 Å². The maximum Gasteiger partial charge on any atom is 0.196 e. The van der Waals surface area contributed by atoms with Crippen molar-refractivity contribution < 1.29 is 4.79 Å². The van der Waals surface area contributed by atoms with Gasteiger partial charge in [0.25, 0.3) is 0 Å². The van der Waals surface area contributed by atoms with Crippen LogP contribution in [0.25, 0.3) is 16.2 Å². The number of benzene rings is 2. The molecule has 0 aliphatic heterocycles. The highest BCUT2D eigenvalue weighted by atomic mass is 35.5. The van der Waals surface area contributed by atoms with Gasteiger partial charge in [0.05, 0.1) is 4.88 Å². The fraction of sp³-hybridized carbons (Fsp3) is 0.0556. The first-order chi connectivity index (χ1) is 10.1. The number of halogens is 1. The summed E-state index contributed by atoms with van der Waals surface area (Å²) < 4.78 is 1.09. The molecule has 0 aliphatic carbocycles. The minimum atomic E-state index is 0.0358. The zero-order valence-corrected chi connectivity index (χ0v) is 13.0. The Bertz CT molecular complexity index is 831. The Balaban J connectivity index is 1.95. The number of thiophene rings is 1. The maximum absolute atomic E-state index is 12.4. The quantitative estimate of drug-likeness (QED) is 0.444. The van der Waals surface area contributed by atoms with Crippen molar-refractivity contribution in [2.24, 2.45) is 0 Å². The van der Waals surface area contributed by atoms with Gasteiger partial charge in [-0.2, -0.15) is 0 Å². The van der Waals surface area contributed by atoms with Crippen LogP contribution >= 0.6 is 22.9 Å². The van der Waals surface area contributed by atoms with Crippen molar-refractivity contribution in [3.8, 4) is 0 Å². The molecule has 0 saturated carbocycles. The summed E-state index contributed by atoms with van der Waals surface area (Å²) in [6.07, 6.45) is 3.48. The van der Waals surface area contributed by atoms with E-state index in [2.05, 4.69) is 0 Å². The van der Waals surface area contributed by atoms with E-state index in [1.165, 1.54) is 11.3 Å². The smallest absolute Gasteiger partial charge is 0.196 e. The van der Waals surface area contributed by atoms with Gasteiger partial charge in [0, 0.05) is 9.72 Å². The van der Waals surface area contributed by atoms with Crippen molar-refractivity contribution in [1.29, 1.82) is 0 Å². The van der Waals surface area contributed by atoms with Crippen LogP contribution in [0.3, 0.4) is 0 Å². The molecule has 3 rings (SSSR count). The number of carbonyl (C=O) groups is 1. The van der Waals surface area contributed by atoms with Gasteiger partial charge in [0.15, 0.2) is 5.78 Å². The van der Waals surface area contributed by atoms with Crippen LogP contribution in [0.5, 0.6) is 0 Å². The molecule has 0 bridgehead atoms. The number of ketones is 1. The van der Waals surface area contributed by atoms with E-state index >= 15 is 0 Å². The Kier molecular flexibility index (Phi) is 3.91. The SMILES string of the molecule is Cc1c(C(=O)C=Cc2ccccc2)sc2ccc(Cl)cc12. The standard InChI is InChI=1S/C18H13ClOS/c1-12-15-11-14(19)8-10-17(15)21-18(12)16(20)9-7-13-5-3-2-4-6-13/h2-11H,1H3. The van der Waals surface area contributed by atoms with Crippen molar-refractivity contribution in [1.82, 2.24) is 0 Å². The van der Waals surface area contributed by atoms with E-state index in [9.17, 15) is 4.79 Å². The Morgan fingerprint density at radius 2 is 1.90 bits per heavy atom. The van der Waals surface area contributed by atoms with Crippen LogP contribution in [0.4, 0.5) is 0 Å². The predicted octanol–water partition coefficient (Wildman–Crippen LogP) is 5.76. The largest absolute Gasteiger partial charge is 0.288 e. The van der Waals surface area contributed by atoms with Crippen molar-refractivity contribution in [2.45, 2.75) is 6.92 Å². The van der Waals surface area contributed by atoms with E-state index in [-0.39, 0.29) is 5.78 Å². The number of aryl methyl sites for hydroxylation is 1. The van der Waals surface area contributed by atoms with Crippen LogP contribution < -0.4 is 0 Å². The fourth-order valence-corrected chi connectivity index (χ4v) is 3.52. The van der Waals surface area contributed by atoms with Crippen molar-refractivity contribution in [3.63, 3.8) is 0 Å². The van der Waals surface area contributed by atoms with Crippen LogP contribution in [0.15, 0.2) is 54.6 Å². The number of fused-ring (bicyclic) bond motifs is 1. The molecule has 0 N–H and O–H groups in total. The molecule has 0 radical (unpaired) electrons. The van der Waals surface area contributed by atoms with Crippen LogP contribution in [-0.4, -0.2) is 5.78 Å². The molecule has 1 aromatic heterocycles.